The van der Waals surface area contributed by atoms with Crippen LogP contribution in [0.25, 0.3) is 0 Å². The maximum absolute atomic E-state index is 8.24. The van der Waals surface area contributed by atoms with Gasteiger partial charge in [0.1, 0.15) is 6.07 Å². The van der Waals surface area contributed by atoms with E-state index in [2.05, 4.69) is 23.5 Å². The molecule has 0 spiro atoms. The molecule has 3 nitrogen and oxygen atoms in total. The molecule has 0 bridgehead atoms. The highest BCUT2D eigenvalue weighted by molar-refractivity contribution is 6.00. The molecule has 0 atom stereocenters. The highest BCUT2D eigenvalue weighted by Crippen LogP contribution is 1.91. The van der Waals surface area contributed by atoms with Gasteiger partial charge in [-0.3, -0.25) is 0 Å². The highest BCUT2D eigenvalue weighted by atomic mass is 15.2. The number of rotatable bonds is 2. The lowest BCUT2D eigenvalue weighted by Gasteiger charge is -1.87. The fourth-order valence-corrected chi connectivity index (χ4v) is 0.247. The van der Waals surface area contributed by atoms with Crippen LogP contribution in [0.5, 0.6) is 0 Å². The normalized spacial score (nSPS) is 10.0. The molecule has 0 aromatic heterocycles. The van der Waals surface area contributed by atoms with Crippen LogP contribution in [-0.2, 0) is 0 Å². The maximum atomic E-state index is 8.24. The van der Waals surface area contributed by atoms with Gasteiger partial charge in [-0.05, 0) is 6.92 Å². The largest absolute Gasteiger partial charge is 0.192 e. The third kappa shape index (κ3) is 2.39. The Morgan fingerprint density at radius 2 is 2.22 bits per heavy atom. The molecule has 0 unspecified atom stereocenters. The first-order valence-corrected chi connectivity index (χ1v) is 2.32. The number of nitriles is 1. The van der Waals surface area contributed by atoms with E-state index in [0.29, 0.717) is 11.3 Å². The van der Waals surface area contributed by atoms with Crippen LogP contribution in [0.2, 0.25) is 0 Å². The van der Waals surface area contributed by atoms with E-state index >= 15 is 0 Å². The van der Waals surface area contributed by atoms with Crippen LogP contribution in [0.4, 0.5) is 0 Å². The average Bonchev–Trinajstić information content (AvgIpc) is 1.87. The number of hydrogen-bond donors (Lipinski definition) is 0. The van der Waals surface area contributed by atoms with E-state index in [-0.39, 0.29) is 0 Å². The highest BCUT2D eigenvalue weighted by Gasteiger charge is 1.92. The van der Waals surface area contributed by atoms with Crippen LogP contribution in [-0.4, -0.2) is 12.4 Å². The van der Waals surface area contributed by atoms with Crippen molar-refractivity contribution in [2.24, 2.45) is 10.2 Å². The molecule has 0 heterocycles. The quantitative estimate of drug-likeness (QED) is 0.307. The van der Waals surface area contributed by atoms with E-state index in [4.69, 9.17) is 5.26 Å². The van der Waals surface area contributed by atoms with Crippen LogP contribution in [0, 0.1) is 11.3 Å². The van der Waals surface area contributed by atoms with Crippen molar-refractivity contribution in [2.75, 3.05) is 0 Å². The van der Waals surface area contributed by atoms with Crippen molar-refractivity contribution < 1.29 is 0 Å². The van der Waals surface area contributed by atoms with Gasteiger partial charge in [-0.15, -0.1) is 0 Å². The summed E-state index contributed by atoms with van der Waals surface area (Å²) in [6.07, 6.45) is 0. The summed E-state index contributed by atoms with van der Waals surface area (Å²) >= 11 is 0. The van der Waals surface area contributed by atoms with Crippen LogP contribution < -0.4 is 0 Å². The molecule has 9 heavy (non-hydrogen) atoms. The molecule has 0 amide bonds. The first-order valence-electron chi connectivity index (χ1n) is 2.32. The standard InChI is InChI=1S/C6H7N3/c1-5(4-7)6(2)9-8-3/h1,3H2,2H3/b9-6-. The van der Waals surface area contributed by atoms with Gasteiger partial charge in [0.25, 0.3) is 0 Å². The predicted octanol–water partition coefficient (Wildman–Crippen LogP) is 1.14. The molecule has 0 aromatic rings. The van der Waals surface area contributed by atoms with Crippen LogP contribution in [0.15, 0.2) is 22.4 Å². The van der Waals surface area contributed by atoms with Gasteiger partial charge in [-0.1, -0.05) is 6.58 Å². The fourth-order valence-electron chi connectivity index (χ4n) is 0.247. The molecular formula is C6H7N3. The Morgan fingerprint density at radius 3 is 2.56 bits per heavy atom. The zero-order valence-corrected chi connectivity index (χ0v) is 5.26. The Morgan fingerprint density at radius 1 is 1.67 bits per heavy atom. The van der Waals surface area contributed by atoms with Crippen LogP contribution in [0.3, 0.4) is 0 Å². The second kappa shape index (κ2) is 3.56. The Labute approximate surface area is 54.0 Å². The fraction of sp³-hybridized carbons (Fsp3) is 0.167. The Bertz CT molecular complexity index is 195. The summed E-state index contributed by atoms with van der Waals surface area (Å²) in [6, 6.07) is 1.84. The van der Waals surface area contributed by atoms with Gasteiger partial charge in [0.15, 0.2) is 0 Å². The lowest BCUT2D eigenvalue weighted by molar-refractivity contribution is 1.25. The summed E-state index contributed by atoms with van der Waals surface area (Å²) in [6.45, 7) is 8.19. The maximum Gasteiger partial charge on any atom is 0.100 e. The molecule has 46 valence electrons. The third-order valence-electron chi connectivity index (χ3n) is 0.792. The summed E-state index contributed by atoms with van der Waals surface area (Å²) in [7, 11) is 0. The lowest BCUT2D eigenvalue weighted by atomic mass is 10.2. The monoisotopic (exact) mass is 121 g/mol. The van der Waals surface area contributed by atoms with E-state index in [9.17, 15) is 0 Å². The number of hydrogen-bond acceptors (Lipinski definition) is 3. The van der Waals surface area contributed by atoms with Crippen molar-refractivity contribution >= 4 is 12.4 Å². The molecule has 0 aromatic carbocycles. The summed E-state index contributed by atoms with van der Waals surface area (Å²) < 4.78 is 0. The lowest BCUT2D eigenvalue weighted by Crippen LogP contribution is -1.90. The van der Waals surface area contributed by atoms with Crippen molar-refractivity contribution in [2.45, 2.75) is 6.92 Å². The van der Waals surface area contributed by atoms with Crippen molar-refractivity contribution in [3.05, 3.63) is 12.2 Å². The Hall–Kier alpha value is -1.43. The minimum Gasteiger partial charge on any atom is -0.192 e. The van der Waals surface area contributed by atoms with Gasteiger partial charge in [0, 0.05) is 6.72 Å². The molecule has 0 N–H and O–H groups in total. The molecule has 0 aliphatic heterocycles. The minimum atomic E-state index is 0.322. The van der Waals surface area contributed by atoms with Gasteiger partial charge in [-0.2, -0.15) is 15.5 Å². The van der Waals surface area contributed by atoms with E-state index in [0.717, 1.165) is 0 Å². The summed E-state index contributed by atoms with van der Waals surface area (Å²) in [5.41, 5.74) is 0.829. The topological polar surface area (TPSA) is 48.5 Å². The third-order valence-corrected chi connectivity index (χ3v) is 0.792. The molecule has 0 saturated heterocycles. The number of nitrogens with zero attached hydrogens (tertiary/aromatic N) is 3. The molecule has 0 saturated carbocycles. The molecule has 0 aliphatic carbocycles. The Balaban J connectivity index is 4.24. The molecule has 0 rings (SSSR count). The van der Waals surface area contributed by atoms with Crippen LogP contribution >= 0.6 is 0 Å². The average molecular weight is 121 g/mol. The molecule has 0 fully saturated rings. The number of allylic oxidation sites excluding steroid dienone is 1. The Kier molecular flexibility index (Phi) is 2.99. The van der Waals surface area contributed by atoms with E-state index in [1.807, 2.05) is 6.07 Å². The van der Waals surface area contributed by atoms with Crippen molar-refractivity contribution in [1.29, 1.82) is 5.26 Å². The van der Waals surface area contributed by atoms with Crippen molar-refractivity contribution in [3.63, 3.8) is 0 Å². The molecule has 0 aliphatic rings. The van der Waals surface area contributed by atoms with Gasteiger partial charge in [0.2, 0.25) is 0 Å². The smallest absolute Gasteiger partial charge is 0.100 e. The summed E-state index contributed by atoms with van der Waals surface area (Å²) in [5.74, 6) is 0. The van der Waals surface area contributed by atoms with E-state index in [1.165, 1.54) is 0 Å². The molecule has 0 radical (unpaired) electrons. The predicted molar refractivity (Wildman–Crippen MR) is 37.4 cm³/mol. The summed E-state index contributed by atoms with van der Waals surface area (Å²) in [5, 5.41) is 15.0. The van der Waals surface area contributed by atoms with Gasteiger partial charge >= 0.3 is 0 Å². The van der Waals surface area contributed by atoms with E-state index < -0.39 is 0 Å². The second-order valence-electron chi connectivity index (χ2n) is 1.42. The molecule has 3 heteroatoms. The van der Waals surface area contributed by atoms with Crippen LogP contribution in [0.1, 0.15) is 6.92 Å². The first-order chi connectivity index (χ1) is 4.22. The van der Waals surface area contributed by atoms with E-state index in [1.54, 1.807) is 6.92 Å². The van der Waals surface area contributed by atoms with Crippen molar-refractivity contribution in [3.8, 4) is 6.07 Å². The minimum absolute atomic E-state index is 0.322. The zero-order valence-electron chi connectivity index (χ0n) is 5.26. The first kappa shape index (κ1) is 7.57. The summed E-state index contributed by atoms with van der Waals surface area (Å²) in [4.78, 5) is 0. The van der Waals surface area contributed by atoms with Gasteiger partial charge < -0.3 is 0 Å². The van der Waals surface area contributed by atoms with Gasteiger partial charge in [-0.25, -0.2) is 0 Å². The zero-order chi connectivity index (χ0) is 7.28. The second-order valence-corrected chi connectivity index (χ2v) is 1.42. The van der Waals surface area contributed by atoms with Crippen molar-refractivity contribution in [1.82, 2.24) is 0 Å². The SMILES string of the molecule is C=N/N=C(/C)C(=C)C#N. The van der Waals surface area contributed by atoms with Gasteiger partial charge in [0.05, 0.1) is 11.3 Å². The molecular weight excluding hydrogens is 114 g/mol.